The zero-order valence-electron chi connectivity index (χ0n) is 10.8. The molecule has 0 amide bonds. The molecule has 19 heavy (non-hydrogen) atoms. The van der Waals surface area contributed by atoms with Crippen molar-refractivity contribution < 1.29 is 14.2 Å². The monoisotopic (exact) mass is 328 g/mol. The Hall–Kier alpha value is -1.70. The number of rotatable bonds is 4. The van der Waals surface area contributed by atoms with Crippen LogP contribution < -0.4 is 0 Å². The van der Waals surface area contributed by atoms with Crippen LogP contribution in [0, 0.1) is 13.8 Å². The van der Waals surface area contributed by atoms with Gasteiger partial charge in [-0.25, -0.2) is 9.42 Å². The molecule has 0 saturated heterocycles. The van der Waals surface area contributed by atoms with E-state index in [0.29, 0.717) is 34.8 Å². The molecule has 0 unspecified atom stereocenters. The molecule has 0 fully saturated rings. The third-order valence-corrected chi connectivity index (χ3v) is 3.63. The summed E-state index contributed by atoms with van der Waals surface area (Å²) in [5.74, 6) is -0.436. The predicted octanol–water partition coefficient (Wildman–Crippen LogP) is 1.87. The first-order valence-electron chi connectivity index (χ1n) is 5.72. The first kappa shape index (κ1) is 13.7. The fourth-order valence-electron chi connectivity index (χ4n) is 1.56. The van der Waals surface area contributed by atoms with Crippen LogP contribution in [0.5, 0.6) is 0 Å². The molecule has 0 aliphatic rings. The Kier molecular flexibility index (Phi) is 3.98. The summed E-state index contributed by atoms with van der Waals surface area (Å²) in [4.78, 5) is 11.7. The summed E-state index contributed by atoms with van der Waals surface area (Å²) in [5, 5.41) is 11.7. The van der Waals surface area contributed by atoms with Crippen molar-refractivity contribution in [1.29, 1.82) is 0 Å². The van der Waals surface area contributed by atoms with E-state index in [2.05, 4.69) is 36.0 Å². The number of halogens is 1. The number of hydrogen-bond donors (Lipinski definition) is 0. The van der Waals surface area contributed by atoms with Crippen molar-refractivity contribution in [3.05, 3.63) is 27.2 Å². The minimum atomic E-state index is -0.436. The van der Waals surface area contributed by atoms with Gasteiger partial charge in [0.15, 0.2) is 5.69 Å². The van der Waals surface area contributed by atoms with Gasteiger partial charge in [-0.1, -0.05) is 10.3 Å². The fraction of sp³-hybridized carbons (Fsp3) is 0.455. The van der Waals surface area contributed by atoms with Crippen LogP contribution in [-0.4, -0.2) is 32.7 Å². The van der Waals surface area contributed by atoms with Crippen LogP contribution in [0.25, 0.3) is 0 Å². The van der Waals surface area contributed by atoms with E-state index < -0.39 is 5.97 Å². The Balaban J connectivity index is 2.30. The van der Waals surface area contributed by atoms with E-state index in [1.54, 1.807) is 25.5 Å². The average Bonchev–Trinajstić information content (AvgIpc) is 2.89. The van der Waals surface area contributed by atoms with Crippen LogP contribution in [0.15, 0.2) is 9.23 Å². The minimum absolute atomic E-state index is 0.294. The van der Waals surface area contributed by atoms with Crippen molar-refractivity contribution >= 4 is 21.9 Å². The van der Waals surface area contributed by atoms with Crippen molar-refractivity contribution in [2.45, 2.75) is 27.3 Å². The van der Waals surface area contributed by atoms with Crippen LogP contribution >= 0.6 is 15.9 Å². The summed E-state index contributed by atoms with van der Waals surface area (Å²) >= 11 is 3.40. The molecule has 7 nitrogen and oxygen atoms in total. The van der Waals surface area contributed by atoms with Crippen molar-refractivity contribution in [1.82, 2.24) is 20.1 Å². The quantitative estimate of drug-likeness (QED) is 0.797. The highest BCUT2D eigenvalue weighted by Crippen LogP contribution is 2.21. The number of nitrogens with zero attached hydrogens (tertiary/aromatic N) is 4. The lowest BCUT2D eigenvalue weighted by Gasteiger charge is -1.99. The SMILES string of the molecule is CCOC(=O)c1nn(Cc2nonc2C)c(Br)c1C. The molecule has 0 aliphatic carbocycles. The van der Waals surface area contributed by atoms with Crippen molar-refractivity contribution in [3.63, 3.8) is 0 Å². The second kappa shape index (κ2) is 5.52. The van der Waals surface area contributed by atoms with Gasteiger partial charge in [-0.3, -0.25) is 4.68 Å². The molecule has 102 valence electrons. The number of carbonyl (C=O) groups excluding carboxylic acids is 1. The summed E-state index contributed by atoms with van der Waals surface area (Å²) in [6.45, 7) is 6.03. The molecule has 0 aliphatic heterocycles. The summed E-state index contributed by atoms with van der Waals surface area (Å²) < 4.78 is 11.9. The Morgan fingerprint density at radius 1 is 1.42 bits per heavy atom. The maximum Gasteiger partial charge on any atom is 0.359 e. The zero-order chi connectivity index (χ0) is 14.0. The lowest BCUT2D eigenvalue weighted by atomic mass is 10.3. The van der Waals surface area contributed by atoms with Gasteiger partial charge in [0.1, 0.15) is 16.0 Å². The predicted molar refractivity (Wildman–Crippen MR) is 68.8 cm³/mol. The number of aromatic nitrogens is 4. The minimum Gasteiger partial charge on any atom is -0.461 e. The summed E-state index contributed by atoms with van der Waals surface area (Å²) in [7, 11) is 0. The Bertz CT molecular complexity index is 605. The lowest BCUT2D eigenvalue weighted by molar-refractivity contribution is 0.0517. The van der Waals surface area contributed by atoms with Crippen LogP contribution in [0.2, 0.25) is 0 Å². The Labute approximate surface area is 118 Å². The van der Waals surface area contributed by atoms with E-state index in [-0.39, 0.29) is 0 Å². The third-order valence-electron chi connectivity index (χ3n) is 2.63. The van der Waals surface area contributed by atoms with E-state index >= 15 is 0 Å². The molecule has 0 saturated carbocycles. The highest BCUT2D eigenvalue weighted by Gasteiger charge is 2.20. The zero-order valence-corrected chi connectivity index (χ0v) is 12.4. The van der Waals surface area contributed by atoms with Gasteiger partial charge < -0.3 is 4.74 Å². The van der Waals surface area contributed by atoms with Gasteiger partial charge in [0.25, 0.3) is 0 Å². The highest BCUT2D eigenvalue weighted by atomic mass is 79.9. The number of aryl methyl sites for hydroxylation is 1. The van der Waals surface area contributed by atoms with Crippen molar-refractivity contribution in [2.75, 3.05) is 6.61 Å². The van der Waals surface area contributed by atoms with Gasteiger partial charge >= 0.3 is 5.97 Å². The standard InChI is InChI=1S/C11H13BrN4O3/c1-4-18-11(17)9-6(2)10(12)16(13-9)5-8-7(3)14-19-15-8/h4-5H2,1-3H3. The van der Waals surface area contributed by atoms with Gasteiger partial charge in [0.05, 0.1) is 13.2 Å². The lowest BCUT2D eigenvalue weighted by Crippen LogP contribution is -2.09. The van der Waals surface area contributed by atoms with Crippen LogP contribution in [0.4, 0.5) is 0 Å². The first-order valence-corrected chi connectivity index (χ1v) is 6.52. The number of hydrogen-bond acceptors (Lipinski definition) is 6. The van der Waals surface area contributed by atoms with E-state index in [4.69, 9.17) is 4.74 Å². The Morgan fingerprint density at radius 2 is 2.16 bits per heavy atom. The molecule has 0 bridgehead atoms. The van der Waals surface area contributed by atoms with Crippen molar-refractivity contribution in [2.24, 2.45) is 0 Å². The second-order valence-electron chi connectivity index (χ2n) is 3.94. The maximum absolute atomic E-state index is 11.7. The van der Waals surface area contributed by atoms with Gasteiger partial charge in [-0.15, -0.1) is 0 Å². The molecule has 0 atom stereocenters. The smallest absolute Gasteiger partial charge is 0.359 e. The number of esters is 1. The van der Waals surface area contributed by atoms with E-state index in [1.807, 2.05) is 0 Å². The molecule has 0 aromatic carbocycles. The first-order chi connectivity index (χ1) is 9.04. The van der Waals surface area contributed by atoms with E-state index in [1.165, 1.54) is 0 Å². The molecule has 2 rings (SSSR count). The molecule has 2 aromatic heterocycles. The van der Waals surface area contributed by atoms with E-state index in [0.717, 1.165) is 5.56 Å². The molecular weight excluding hydrogens is 316 g/mol. The molecule has 0 spiro atoms. The Morgan fingerprint density at radius 3 is 2.74 bits per heavy atom. The largest absolute Gasteiger partial charge is 0.461 e. The van der Waals surface area contributed by atoms with Gasteiger partial charge in [0, 0.05) is 5.56 Å². The molecular formula is C11H13BrN4O3. The molecule has 0 radical (unpaired) electrons. The van der Waals surface area contributed by atoms with Gasteiger partial charge in [-0.2, -0.15) is 5.10 Å². The fourth-order valence-corrected chi connectivity index (χ4v) is 1.96. The van der Waals surface area contributed by atoms with Gasteiger partial charge in [0.2, 0.25) is 0 Å². The van der Waals surface area contributed by atoms with E-state index in [9.17, 15) is 4.79 Å². The summed E-state index contributed by atoms with van der Waals surface area (Å²) in [6.07, 6.45) is 0. The number of ether oxygens (including phenoxy) is 1. The number of carbonyl (C=O) groups is 1. The van der Waals surface area contributed by atoms with Crippen LogP contribution in [0.1, 0.15) is 34.4 Å². The average molecular weight is 329 g/mol. The molecule has 2 heterocycles. The van der Waals surface area contributed by atoms with Crippen molar-refractivity contribution in [3.8, 4) is 0 Å². The molecule has 2 aromatic rings. The second-order valence-corrected chi connectivity index (χ2v) is 4.69. The molecule has 0 N–H and O–H groups in total. The maximum atomic E-state index is 11.7. The third kappa shape index (κ3) is 2.67. The van der Waals surface area contributed by atoms with Crippen LogP contribution in [-0.2, 0) is 11.3 Å². The van der Waals surface area contributed by atoms with Gasteiger partial charge in [-0.05, 0) is 36.7 Å². The molecule has 8 heteroatoms. The topological polar surface area (TPSA) is 83.0 Å². The highest BCUT2D eigenvalue weighted by molar-refractivity contribution is 9.10. The summed E-state index contributed by atoms with van der Waals surface area (Å²) in [6, 6.07) is 0. The normalized spacial score (nSPS) is 10.7. The summed E-state index contributed by atoms with van der Waals surface area (Å²) in [5.41, 5.74) is 2.38. The van der Waals surface area contributed by atoms with Crippen LogP contribution in [0.3, 0.4) is 0 Å².